The minimum absolute atomic E-state index is 0.204. The maximum absolute atomic E-state index is 13.3. The summed E-state index contributed by atoms with van der Waals surface area (Å²) in [5.41, 5.74) is 2.12. The molecule has 0 unspecified atom stereocenters. The Morgan fingerprint density at radius 2 is 1.96 bits per heavy atom. The molecule has 0 spiro atoms. The van der Waals surface area contributed by atoms with Crippen LogP contribution < -0.4 is 4.74 Å². The molecule has 1 fully saturated rings. The summed E-state index contributed by atoms with van der Waals surface area (Å²) in [6.45, 7) is 4.05. The van der Waals surface area contributed by atoms with E-state index in [1.54, 1.807) is 37.0 Å². The second-order valence-electron chi connectivity index (χ2n) is 6.14. The second-order valence-corrected chi connectivity index (χ2v) is 7.97. The van der Waals surface area contributed by atoms with Crippen molar-refractivity contribution in [2.75, 3.05) is 13.7 Å². The lowest BCUT2D eigenvalue weighted by atomic mass is 10.0. The van der Waals surface area contributed by atoms with Crippen LogP contribution in [0.2, 0.25) is 0 Å². The van der Waals surface area contributed by atoms with Crippen molar-refractivity contribution in [2.45, 2.75) is 37.6 Å². The Bertz CT molecular complexity index is 858. The highest BCUT2D eigenvalue weighted by Crippen LogP contribution is 2.41. The molecular weight excluding hydrogens is 326 g/mol. The Balaban J connectivity index is 2.07. The van der Waals surface area contributed by atoms with E-state index in [-0.39, 0.29) is 6.04 Å². The normalized spacial score (nSPS) is 18.9. The predicted octanol–water partition coefficient (Wildman–Crippen LogP) is 2.57. The SMILES string of the molecule is COc1ccccc1[C@@H]1CCCN1S(=O)(=O)c1c(C)nn(C)c1C. The van der Waals surface area contributed by atoms with Crippen molar-refractivity contribution in [1.29, 1.82) is 0 Å². The molecule has 1 aromatic heterocycles. The summed E-state index contributed by atoms with van der Waals surface area (Å²) in [7, 11) is -0.227. The second kappa shape index (κ2) is 6.22. The molecule has 1 saturated heterocycles. The van der Waals surface area contributed by atoms with E-state index in [0.29, 0.717) is 22.8 Å². The quantitative estimate of drug-likeness (QED) is 0.851. The summed E-state index contributed by atoms with van der Waals surface area (Å²) < 4.78 is 35.3. The Morgan fingerprint density at radius 1 is 1.25 bits per heavy atom. The molecule has 24 heavy (non-hydrogen) atoms. The Hall–Kier alpha value is -1.86. The van der Waals surface area contributed by atoms with Gasteiger partial charge in [-0.2, -0.15) is 9.40 Å². The van der Waals surface area contributed by atoms with Gasteiger partial charge in [0.25, 0.3) is 0 Å². The van der Waals surface area contributed by atoms with Gasteiger partial charge >= 0.3 is 0 Å². The van der Waals surface area contributed by atoms with Crippen LogP contribution in [0.1, 0.15) is 35.8 Å². The fourth-order valence-corrected chi connectivity index (χ4v) is 5.60. The third-order valence-electron chi connectivity index (χ3n) is 4.71. The van der Waals surface area contributed by atoms with Gasteiger partial charge in [-0.1, -0.05) is 18.2 Å². The van der Waals surface area contributed by atoms with E-state index in [2.05, 4.69) is 5.10 Å². The third-order valence-corrected chi connectivity index (χ3v) is 6.87. The number of para-hydroxylation sites is 1. The molecule has 1 atom stereocenters. The Labute approximate surface area is 143 Å². The average Bonchev–Trinajstić information content (AvgIpc) is 3.13. The van der Waals surface area contributed by atoms with Crippen molar-refractivity contribution in [3.63, 3.8) is 0 Å². The highest BCUT2D eigenvalue weighted by Gasteiger charge is 2.39. The third kappa shape index (κ3) is 2.61. The molecule has 0 N–H and O–H groups in total. The van der Waals surface area contributed by atoms with Crippen LogP contribution >= 0.6 is 0 Å². The van der Waals surface area contributed by atoms with Crippen LogP contribution in [-0.4, -0.2) is 36.2 Å². The maximum Gasteiger partial charge on any atom is 0.247 e. The van der Waals surface area contributed by atoms with Gasteiger partial charge in [0, 0.05) is 19.2 Å². The van der Waals surface area contributed by atoms with Gasteiger partial charge in [-0.25, -0.2) is 8.42 Å². The molecule has 0 aliphatic carbocycles. The number of methoxy groups -OCH3 is 1. The lowest BCUT2D eigenvalue weighted by Gasteiger charge is -2.25. The monoisotopic (exact) mass is 349 g/mol. The van der Waals surface area contributed by atoms with Crippen LogP contribution in [0.4, 0.5) is 0 Å². The fraction of sp³-hybridized carbons (Fsp3) is 0.471. The van der Waals surface area contributed by atoms with Gasteiger partial charge in [-0.05, 0) is 32.8 Å². The van der Waals surface area contributed by atoms with E-state index in [1.165, 1.54) is 0 Å². The fourth-order valence-electron chi connectivity index (χ4n) is 3.53. The molecule has 1 aromatic carbocycles. The number of hydrogen-bond donors (Lipinski definition) is 0. The molecular formula is C17H23N3O3S. The molecule has 7 heteroatoms. The number of sulfonamides is 1. The van der Waals surface area contributed by atoms with Crippen molar-refractivity contribution in [3.8, 4) is 5.75 Å². The molecule has 0 bridgehead atoms. The summed E-state index contributed by atoms with van der Waals surface area (Å²) in [6.07, 6.45) is 1.62. The van der Waals surface area contributed by atoms with E-state index < -0.39 is 10.0 Å². The lowest BCUT2D eigenvalue weighted by Crippen LogP contribution is -2.31. The van der Waals surface area contributed by atoms with Crippen LogP contribution in [0.15, 0.2) is 29.2 Å². The first-order chi connectivity index (χ1) is 11.4. The zero-order valence-corrected chi connectivity index (χ0v) is 15.3. The standard InChI is InChI=1S/C17H23N3O3S/c1-12-17(13(2)19(3)18-12)24(21,22)20-11-7-9-15(20)14-8-5-6-10-16(14)23-4/h5-6,8,10,15H,7,9,11H2,1-4H3/t15-/m0/s1. The summed E-state index contributed by atoms with van der Waals surface area (Å²) in [5.74, 6) is 0.726. The van der Waals surface area contributed by atoms with Gasteiger partial charge < -0.3 is 4.74 Å². The van der Waals surface area contributed by atoms with E-state index >= 15 is 0 Å². The van der Waals surface area contributed by atoms with Crippen molar-refractivity contribution >= 4 is 10.0 Å². The molecule has 3 rings (SSSR count). The van der Waals surface area contributed by atoms with E-state index in [4.69, 9.17) is 4.74 Å². The first-order valence-electron chi connectivity index (χ1n) is 8.03. The highest BCUT2D eigenvalue weighted by molar-refractivity contribution is 7.89. The zero-order valence-electron chi connectivity index (χ0n) is 14.5. The minimum atomic E-state index is -3.61. The minimum Gasteiger partial charge on any atom is -0.496 e. The number of aromatic nitrogens is 2. The molecule has 2 aromatic rings. The number of benzene rings is 1. The number of rotatable bonds is 4. The van der Waals surface area contributed by atoms with Crippen molar-refractivity contribution in [1.82, 2.24) is 14.1 Å². The van der Waals surface area contributed by atoms with Crippen LogP contribution in [0.5, 0.6) is 5.75 Å². The summed E-state index contributed by atoms with van der Waals surface area (Å²) in [5, 5.41) is 4.27. The topological polar surface area (TPSA) is 64.4 Å². The van der Waals surface area contributed by atoms with Crippen molar-refractivity contribution < 1.29 is 13.2 Å². The molecule has 1 aliphatic heterocycles. The van der Waals surface area contributed by atoms with Crippen molar-refractivity contribution in [3.05, 3.63) is 41.2 Å². The first kappa shape index (κ1) is 17.0. The molecule has 0 radical (unpaired) electrons. The maximum atomic E-state index is 13.3. The van der Waals surface area contributed by atoms with E-state index in [9.17, 15) is 8.42 Å². The number of nitrogens with zero attached hydrogens (tertiary/aromatic N) is 3. The summed E-state index contributed by atoms with van der Waals surface area (Å²) in [6, 6.07) is 7.43. The largest absolute Gasteiger partial charge is 0.496 e. The summed E-state index contributed by atoms with van der Waals surface area (Å²) in [4.78, 5) is 0.326. The van der Waals surface area contributed by atoms with Gasteiger partial charge in [-0.15, -0.1) is 0 Å². The van der Waals surface area contributed by atoms with E-state index in [1.807, 2.05) is 24.3 Å². The molecule has 0 amide bonds. The van der Waals surface area contributed by atoms with Gasteiger partial charge in [0.1, 0.15) is 10.6 Å². The van der Waals surface area contributed by atoms with Gasteiger partial charge in [0.05, 0.1) is 24.5 Å². The van der Waals surface area contributed by atoms with Crippen molar-refractivity contribution in [2.24, 2.45) is 7.05 Å². The van der Waals surface area contributed by atoms with Crippen LogP contribution in [0, 0.1) is 13.8 Å². The smallest absolute Gasteiger partial charge is 0.247 e. The zero-order chi connectivity index (χ0) is 17.5. The van der Waals surface area contributed by atoms with Gasteiger partial charge in [0.15, 0.2) is 0 Å². The molecule has 0 saturated carbocycles. The van der Waals surface area contributed by atoms with Gasteiger partial charge in [0.2, 0.25) is 10.0 Å². The summed E-state index contributed by atoms with van der Waals surface area (Å²) >= 11 is 0. The average molecular weight is 349 g/mol. The Morgan fingerprint density at radius 3 is 2.58 bits per heavy atom. The number of hydrogen-bond acceptors (Lipinski definition) is 4. The van der Waals surface area contributed by atoms with Crippen LogP contribution in [0.25, 0.3) is 0 Å². The molecule has 6 nitrogen and oxygen atoms in total. The molecule has 1 aliphatic rings. The number of ether oxygens (including phenoxy) is 1. The van der Waals surface area contributed by atoms with Crippen LogP contribution in [-0.2, 0) is 17.1 Å². The predicted molar refractivity (Wildman–Crippen MR) is 91.5 cm³/mol. The lowest BCUT2D eigenvalue weighted by molar-refractivity contribution is 0.366. The van der Waals surface area contributed by atoms with Crippen LogP contribution in [0.3, 0.4) is 0 Å². The number of aryl methyl sites for hydroxylation is 2. The highest BCUT2D eigenvalue weighted by atomic mass is 32.2. The van der Waals surface area contributed by atoms with Gasteiger partial charge in [-0.3, -0.25) is 4.68 Å². The van der Waals surface area contributed by atoms with E-state index in [0.717, 1.165) is 24.2 Å². The molecule has 130 valence electrons. The molecule has 2 heterocycles. The first-order valence-corrected chi connectivity index (χ1v) is 9.47. The Kier molecular flexibility index (Phi) is 4.40.